The van der Waals surface area contributed by atoms with Crippen molar-refractivity contribution in [3.63, 3.8) is 0 Å². The number of rotatable bonds is 10. The molecule has 3 aromatic carbocycles. The van der Waals surface area contributed by atoms with Gasteiger partial charge in [0, 0.05) is 0 Å². The summed E-state index contributed by atoms with van der Waals surface area (Å²) in [6.07, 6.45) is 0. The molecule has 3 rings (SSSR count). The predicted molar refractivity (Wildman–Crippen MR) is 119 cm³/mol. The van der Waals surface area contributed by atoms with Gasteiger partial charge in [-0.05, 0) is 36.4 Å². The molecule has 0 amide bonds. The number of para-hydroxylation sites is 3. The van der Waals surface area contributed by atoms with Crippen LogP contribution in [0, 0.1) is 5.41 Å². The summed E-state index contributed by atoms with van der Waals surface area (Å²) < 4.78 is 17.5. The Morgan fingerprint density at radius 3 is 0.935 bits per heavy atom. The van der Waals surface area contributed by atoms with Crippen LogP contribution in [0.1, 0.15) is 0 Å². The minimum absolute atomic E-state index is 0.406. The highest BCUT2D eigenvalue weighted by molar-refractivity contribution is 7.43. The molecule has 7 nitrogen and oxygen atoms in total. The van der Waals surface area contributed by atoms with Crippen LogP contribution in [0.3, 0.4) is 0 Å². The molecule has 8 heteroatoms. The molecule has 3 aromatic rings. The van der Waals surface area contributed by atoms with E-state index in [2.05, 4.69) is 0 Å². The van der Waals surface area contributed by atoms with E-state index in [9.17, 15) is 0 Å². The smallest absolute Gasteiger partial charge is 0.409 e. The zero-order chi connectivity index (χ0) is 22.4. The van der Waals surface area contributed by atoms with Crippen LogP contribution in [0.2, 0.25) is 0 Å². The van der Waals surface area contributed by atoms with Crippen LogP contribution in [0.15, 0.2) is 91.0 Å². The molecule has 0 bridgehead atoms. The molecule has 31 heavy (non-hydrogen) atoms. The summed E-state index contributed by atoms with van der Waals surface area (Å²) in [7, 11) is -1.59. The molecule has 166 valence electrons. The van der Waals surface area contributed by atoms with Crippen molar-refractivity contribution in [2.24, 2.45) is 5.41 Å². The second-order valence-corrected chi connectivity index (χ2v) is 7.56. The summed E-state index contributed by atoms with van der Waals surface area (Å²) in [6, 6.07) is 28.5. The number of benzene rings is 3. The van der Waals surface area contributed by atoms with E-state index >= 15 is 0 Å². The van der Waals surface area contributed by atoms with Crippen molar-refractivity contribution in [2.75, 3.05) is 26.4 Å². The van der Waals surface area contributed by atoms with E-state index < -0.39 is 40.4 Å². The van der Waals surface area contributed by atoms with E-state index in [0.29, 0.717) is 17.2 Å². The quantitative estimate of drug-likeness (QED) is 0.354. The molecule has 0 heterocycles. The first kappa shape index (κ1) is 24.6. The van der Waals surface area contributed by atoms with Gasteiger partial charge in [-0.3, -0.25) is 0 Å². The van der Waals surface area contributed by atoms with E-state index in [1.54, 1.807) is 0 Å². The third-order valence-electron chi connectivity index (χ3n) is 4.11. The monoisotopic (exact) mass is 446 g/mol. The van der Waals surface area contributed by atoms with Gasteiger partial charge in [-0.1, -0.05) is 54.6 Å². The Hall–Kier alpha value is -2.67. The molecule has 0 atom stereocenters. The van der Waals surface area contributed by atoms with Crippen LogP contribution in [-0.4, -0.2) is 46.9 Å². The standard InChI is InChI=1S/C18H15O3P.C5H12O4/c1-4-10-16(11-5-1)19-22(20-17-12-6-2-7-13-17)21-18-14-8-3-9-15-18;6-1-5(2-7,3-8)4-9/h1-15H;6-9H,1-4H2. The normalized spacial score (nSPS) is 10.7. The van der Waals surface area contributed by atoms with Crippen LogP contribution in [0.5, 0.6) is 17.2 Å². The van der Waals surface area contributed by atoms with Gasteiger partial charge >= 0.3 is 8.60 Å². The fourth-order valence-electron chi connectivity index (χ4n) is 2.06. The number of hydrogen-bond acceptors (Lipinski definition) is 7. The first-order valence-electron chi connectivity index (χ1n) is 9.57. The maximum atomic E-state index is 8.50. The average molecular weight is 446 g/mol. The molecule has 0 unspecified atom stereocenters. The second-order valence-electron chi connectivity index (χ2n) is 6.57. The van der Waals surface area contributed by atoms with Crippen molar-refractivity contribution in [1.29, 1.82) is 0 Å². The molecular formula is C23H27O7P. The molecule has 4 N–H and O–H groups in total. The Balaban J connectivity index is 0.000000323. The Kier molecular flexibility index (Phi) is 10.8. The van der Waals surface area contributed by atoms with Gasteiger partial charge in [0.2, 0.25) is 0 Å². The minimum Gasteiger partial charge on any atom is -0.409 e. The Labute approximate surface area is 183 Å². The fourth-order valence-corrected chi connectivity index (χ4v) is 3.05. The van der Waals surface area contributed by atoms with E-state index in [4.69, 9.17) is 34.0 Å². The lowest BCUT2D eigenvalue weighted by Crippen LogP contribution is -2.37. The van der Waals surface area contributed by atoms with Gasteiger partial charge in [-0.25, -0.2) is 0 Å². The minimum atomic E-state index is -1.59. The van der Waals surface area contributed by atoms with Crippen LogP contribution in [-0.2, 0) is 0 Å². The Morgan fingerprint density at radius 2 is 0.742 bits per heavy atom. The molecule has 0 aliphatic heterocycles. The summed E-state index contributed by atoms with van der Waals surface area (Å²) in [5.74, 6) is 2.13. The fraction of sp³-hybridized carbons (Fsp3) is 0.217. The van der Waals surface area contributed by atoms with Gasteiger partial charge in [0.05, 0.1) is 31.8 Å². The van der Waals surface area contributed by atoms with Gasteiger partial charge in [-0.15, -0.1) is 0 Å². The highest BCUT2D eigenvalue weighted by atomic mass is 31.2. The van der Waals surface area contributed by atoms with E-state index in [1.807, 2.05) is 91.0 Å². The van der Waals surface area contributed by atoms with Gasteiger partial charge in [0.25, 0.3) is 0 Å². The lowest BCUT2D eigenvalue weighted by molar-refractivity contribution is -0.0328. The third-order valence-corrected chi connectivity index (χ3v) is 5.19. The Morgan fingerprint density at radius 1 is 0.484 bits per heavy atom. The van der Waals surface area contributed by atoms with Crippen molar-refractivity contribution in [3.8, 4) is 17.2 Å². The largest absolute Gasteiger partial charge is 0.530 e. The van der Waals surface area contributed by atoms with E-state index in [0.717, 1.165) is 0 Å². The molecule has 0 aliphatic carbocycles. The topological polar surface area (TPSA) is 109 Å². The van der Waals surface area contributed by atoms with E-state index in [1.165, 1.54) is 0 Å². The molecular weight excluding hydrogens is 419 g/mol. The lowest BCUT2D eigenvalue weighted by atomic mass is 9.93. The third kappa shape index (κ3) is 8.53. The highest BCUT2D eigenvalue weighted by Crippen LogP contribution is 2.41. The van der Waals surface area contributed by atoms with Crippen LogP contribution < -0.4 is 13.6 Å². The van der Waals surface area contributed by atoms with Crippen molar-refractivity contribution in [3.05, 3.63) is 91.0 Å². The van der Waals surface area contributed by atoms with Crippen LogP contribution in [0.4, 0.5) is 0 Å². The summed E-state index contributed by atoms with van der Waals surface area (Å²) in [4.78, 5) is 0. The zero-order valence-corrected chi connectivity index (χ0v) is 17.8. The van der Waals surface area contributed by atoms with Gasteiger partial charge in [0.15, 0.2) is 0 Å². The second kappa shape index (κ2) is 13.6. The maximum Gasteiger partial charge on any atom is 0.530 e. The lowest BCUT2D eigenvalue weighted by Gasteiger charge is -2.23. The number of aliphatic hydroxyl groups is 4. The predicted octanol–water partition coefficient (Wildman–Crippen LogP) is 3.39. The first-order chi connectivity index (χ1) is 15.1. The maximum absolute atomic E-state index is 8.50. The number of hydrogen-bond donors (Lipinski definition) is 4. The molecule has 0 aromatic heterocycles. The summed E-state index contributed by atoms with van der Waals surface area (Å²) in [5.41, 5.74) is -1.11. The summed E-state index contributed by atoms with van der Waals surface area (Å²) >= 11 is 0. The van der Waals surface area contributed by atoms with Crippen LogP contribution in [0.25, 0.3) is 0 Å². The summed E-state index contributed by atoms with van der Waals surface area (Å²) in [6.45, 7) is -1.62. The van der Waals surface area contributed by atoms with Crippen molar-refractivity contribution >= 4 is 8.60 Å². The van der Waals surface area contributed by atoms with Crippen molar-refractivity contribution in [1.82, 2.24) is 0 Å². The van der Waals surface area contributed by atoms with Gasteiger partial charge < -0.3 is 34.0 Å². The van der Waals surface area contributed by atoms with Gasteiger partial charge in [0.1, 0.15) is 17.2 Å². The van der Waals surface area contributed by atoms with Gasteiger partial charge in [-0.2, -0.15) is 0 Å². The summed E-state index contributed by atoms with van der Waals surface area (Å²) in [5, 5.41) is 34.0. The number of aliphatic hydroxyl groups excluding tert-OH is 4. The molecule has 0 saturated heterocycles. The van der Waals surface area contributed by atoms with Crippen LogP contribution >= 0.6 is 8.60 Å². The first-order valence-corrected chi connectivity index (χ1v) is 10.7. The molecule has 0 spiro atoms. The Bertz CT molecular complexity index is 714. The molecule has 0 fully saturated rings. The SMILES string of the molecule is OCC(CO)(CO)CO.c1ccc(OP(Oc2ccccc2)Oc2ccccc2)cc1. The highest BCUT2D eigenvalue weighted by Gasteiger charge is 2.26. The zero-order valence-electron chi connectivity index (χ0n) is 16.9. The molecule has 0 saturated carbocycles. The molecule has 0 aliphatic rings. The van der Waals surface area contributed by atoms with Crippen molar-refractivity contribution in [2.45, 2.75) is 0 Å². The van der Waals surface area contributed by atoms with Crippen molar-refractivity contribution < 1.29 is 34.0 Å². The molecule has 0 radical (unpaired) electrons. The average Bonchev–Trinajstić information content (AvgIpc) is 2.83. The van der Waals surface area contributed by atoms with E-state index in [-0.39, 0.29) is 0 Å².